The molecule has 1 heterocycles. The van der Waals surface area contributed by atoms with Gasteiger partial charge in [0.1, 0.15) is 28.8 Å². The first-order chi connectivity index (χ1) is 12.8. The fourth-order valence-corrected chi connectivity index (χ4v) is 2.69. The van der Waals surface area contributed by atoms with Gasteiger partial charge in [0.15, 0.2) is 0 Å². The van der Waals surface area contributed by atoms with Crippen LogP contribution in [0.25, 0.3) is 0 Å². The summed E-state index contributed by atoms with van der Waals surface area (Å²) in [6.07, 6.45) is 1.43. The molecule has 142 valence electrons. The van der Waals surface area contributed by atoms with E-state index in [4.69, 9.17) is 9.47 Å². The van der Waals surface area contributed by atoms with E-state index in [1.807, 2.05) is 19.9 Å². The van der Waals surface area contributed by atoms with Gasteiger partial charge < -0.3 is 14.6 Å². The number of pyridine rings is 1. The molecular formula is C20H23N3O4. The van der Waals surface area contributed by atoms with Gasteiger partial charge in [-0.05, 0) is 30.5 Å². The van der Waals surface area contributed by atoms with Crippen LogP contribution < -0.4 is 15.0 Å². The molecule has 1 N–H and O–H groups in total. The second kappa shape index (κ2) is 8.41. The summed E-state index contributed by atoms with van der Waals surface area (Å²) in [5, 5.41) is 20.0. The van der Waals surface area contributed by atoms with Crippen molar-refractivity contribution in [1.29, 1.82) is 5.26 Å². The van der Waals surface area contributed by atoms with Crippen molar-refractivity contribution in [3.05, 3.63) is 45.2 Å². The summed E-state index contributed by atoms with van der Waals surface area (Å²) in [7, 11) is 3.08. The topological polar surface area (TPSA) is 96.8 Å². The number of ether oxygens (including phenoxy) is 2. The Morgan fingerprint density at radius 1 is 1.33 bits per heavy atom. The minimum absolute atomic E-state index is 0.00694. The van der Waals surface area contributed by atoms with Gasteiger partial charge in [0.2, 0.25) is 5.88 Å². The van der Waals surface area contributed by atoms with E-state index < -0.39 is 5.56 Å². The molecule has 7 nitrogen and oxygen atoms in total. The van der Waals surface area contributed by atoms with Crippen LogP contribution in [0.2, 0.25) is 0 Å². The summed E-state index contributed by atoms with van der Waals surface area (Å²) in [5.74, 6) is 1.04. The Morgan fingerprint density at radius 2 is 2.04 bits per heavy atom. The average molecular weight is 369 g/mol. The number of methoxy groups -OCH3 is 2. The quantitative estimate of drug-likeness (QED) is 0.789. The number of aromatic hydroxyl groups is 1. The molecule has 0 saturated carbocycles. The maximum atomic E-state index is 12.5. The lowest BCUT2D eigenvalue weighted by Crippen LogP contribution is -2.27. The number of rotatable bonds is 6. The Labute approximate surface area is 158 Å². The lowest BCUT2D eigenvalue weighted by atomic mass is 10.1. The first-order valence-electron chi connectivity index (χ1n) is 8.46. The van der Waals surface area contributed by atoms with Crippen molar-refractivity contribution in [1.82, 2.24) is 4.57 Å². The van der Waals surface area contributed by atoms with Crippen LogP contribution in [0.4, 0.5) is 5.69 Å². The molecule has 1 aromatic heterocycles. The monoisotopic (exact) mass is 369 g/mol. The van der Waals surface area contributed by atoms with Crippen molar-refractivity contribution in [3.8, 4) is 23.4 Å². The fourth-order valence-electron chi connectivity index (χ4n) is 2.69. The Bertz CT molecular complexity index is 969. The van der Waals surface area contributed by atoms with Crippen molar-refractivity contribution in [2.75, 3.05) is 14.2 Å². The van der Waals surface area contributed by atoms with E-state index in [9.17, 15) is 15.2 Å². The van der Waals surface area contributed by atoms with Crippen molar-refractivity contribution >= 4 is 11.9 Å². The highest BCUT2D eigenvalue weighted by Crippen LogP contribution is 2.32. The molecule has 0 atom stereocenters. The number of aromatic nitrogens is 1. The van der Waals surface area contributed by atoms with Gasteiger partial charge in [-0.25, -0.2) is 0 Å². The second-order valence-corrected chi connectivity index (χ2v) is 6.45. The predicted molar refractivity (Wildman–Crippen MR) is 103 cm³/mol. The van der Waals surface area contributed by atoms with Gasteiger partial charge in [-0.15, -0.1) is 0 Å². The predicted octanol–water partition coefficient (Wildman–Crippen LogP) is 3.16. The maximum absolute atomic E-state index is 12.5. The minimum Gasteiger partial charge on any atom is -0.497 e. The first kappa shape index (κ1) is 20.0. The molecule has 0 amide bonds. The van der Waals surface area contributed by atoms with Gasteiger partial charge in [-0.2, -0.15) is 5.26 Å². The molecule has 0 aliphatic carbocycles. The van der Waals surface area contributed by atoms with Gasteiger partial charge >= 0.3 is 0 Å². The summed E-state index contributed by atoms with van der Waals surface area (Å²) in [6, 6.07) is 7.09. The van der Waals surface area contributed by atoms with Crippen LogP contribution in [0, 0.1) is 24.2 Å². The van der Waals surface area contributed by atoms with Gasteiger partial charge in [0, 0.05) is 18.8 Å². The fraction of sp³-hybridized carbons (Fsp3) is 0.350. The number of aliphatic imine (C=N–C) groups is 1. The maximum Gasteiger partial charge on any atom is 0.271 e. The molecule has 0 spiro atoms. The molecule has 0 fully saturated rings. The highest BCUT2D eigenvalue weighted by molar-refractivity contribution is 5.88. The Morgan fingerprint density at radius 3 is 2.59 bits per heavy atom. The standard InChI is InChI=1S/C20H23N3O4/c1-12(2)11-23-19(24)15(9-21)13(3)16(20(23)25)10-22-17-8-14(26-4)6-7-18(17)27-5/h6-8,10,12,25H,11H2,1-5H3. The molecule has 0 saturated heterocycles. The lowest BCUT2D eigenvalue weighted by Gasteiger charge is -2.15. The van der Waals surface area contributed by atoms with E-state index in [0.29, 0.717) is 34.9 Å². The van der Waals surface area contributed by atoms with Crippen LogP contribution in [0.15, 0.2) is 28.0 Å². The summed E-state index contributed by atoms with van der Waals surface area (Å²) >= 11 is 0. The molecule has 2 aromatic rings. The third-order valence-corrected chi connectivity index (χ3v) is 4.11. The molecule has 0 radical (unpaired) electrons. The van der Waals surface area contributed by atoms with E-state index in [1.165, 1.54) is 17.9 Å². The number of hydrogen-bond donors (Lipinski definition) is 1. The van der Waals surface area contributed by atoms with Crippen LogP contribution in [-0.4, -0.2) is 30.1 Å². The molecule has 0 aliphatic heterocycles. The van der Waals surface area contributed by atoms with Crippen LogP contribution in [0.5, 0.6) is 17.4 Å². The Kier molecular flexibility index (Phi) is 6.24. The van der Waals surface area contributed by atoms with Crippen LogP contribution in [-0.2, 0) is 6.54 Å². The molecule has 7 heteroatoms. The third-order valence-electron chi connectivity index (χ3n) is 4.11. The average Bonchev–Trinajstić information content (AvgIpc) is 2.65. The highest BCUT2D eigenvalue weighted by atomic mass is 16.5. The van der Waals surface area contributed by atoms with Gasteiger partial charge in [0.25, 0.3) is 5.56 Å². The molecule has 0 aliphatic rings. The highest BCUT2D eigenvalue weighted by Gasteiger charge is 2.18. The Balaban J connectivity index is 2.64. The largest absolute Gasteiger partial charge is 0.497 e. The number of nitriles is 1. The van der Waals surface area contributed by atoms with Crippen molar-refractivity contribution in [3.63, 3.8) is 0 Å². The number of nitrogens with zero attached hydrogens (tertiary/aromatic N) is 3. The number of hydrogen-bond acceptors (Lipinski definition) is 6. The van der Waals surface area contributed by atoms with Gasteiger partial charge in [-0.3, -0.25) is 14.4 Å². The minimum atomic E-state index is -0.502. The second-order valence-electron chi connectivity index (χ2n) is 6.45. The third kappa shape index (κ3) is 4.11. The van der Waals surface area contributed by atoms with E-state index >= 15 is 0 Å². The zero-order valence-electron chi connectivity index (χ0n) is 16.1. The van der Waals surface area contributed by atoms with Crippen molar-refractivity contribution < 1.29 is 14.6 Å². The molecule has 27 heavy (non-hydrogen) atoms. The first-order valence-corrected chi connectivity index (χ1v) is 8.46. The summed E-state index contributed by atoms with van der Waals surface area (Å²) < 4.78 is 11.7. The SMILES string of the molecule is COc1ccc(OC)c(N=Cc2c(C)c(C#N)c(=O)n(CC(C)C)c2O)c1. The van der Waals surface area contributed by atoms with Crippen LogP contribution in [0.1, 0.15) is 30.5 Å². The molecule has 2 rings (SSSR count). The zero-order chi connectivity index (χ0) is 20.1. The van der Waals surface area contributed by atoms with E-state index in [1.54, 1.807) is 32.2 Å². The van der Waals surface area contributed by atoms with E-state index in [0.717, 1.165) is 0 Å². The Hall–Kier alpha value is -3.27. The van der Waals surface area contributed by atoms with Crippen molar-refractivity contribution in [2.24, 2.45) is 10.9 Å². The van der Waals surface area contributed by atoms with Gasteiger partial charge in [-0.1, -0.05) is 13.8 Å². The van der Waals surface area contributed by atoms with Crippen molar-refractivity contribution in [2.45, 2.75) is 27.3 Å². The summed E-state index contributed by atoms with van der Waals surface area (Å²) in [5.41, 5.74) is 0.683. The van der Waals surface area contributed by atoms with E-state index in [2.05, 4.69) is 4.99 Å². The summed E-state index contributed by atoms with van der Waals surface area (Å²) in [4.78, 5) is 16.9. The van der Waals surface area contributed by atoms with Crippen LogP contribution >= 0.6 is 0 Å². The lowest BCUT2D eigenvalue weighted by molar-refractivity contribution is 0.381. The number of benzene rings is 1. The molecular weight excluding hydrogens is 346 g/mol. The van der Waals surface area contributed by atoms with Gasteiger partial charge in [0.05, 0.1) is 19.8 Å². The molecule has 1 aromatic carbocycles. The van der Waals surface area contributed by atoms with Crippen LogP contribution in [0.3, 0.4) is 0 Å². The molecule has 0 bridgehead atoms. The smallest absolute Gasteiger partial charge is 0.271 e. The summed E-state index contributed by atoms with van der Waals surface area (Å²) in [6.45, 7) is 5.76. The molecule has 0 unspecified atom stereocenters. The normalized spacial score (nSPS) is 11.0. The zero-order valence-corrected chi connectivity index (χ0v) is 16.1. The van der Waals surface area contributed by atoms with E-state index in [-0.39, 0.29) is 17.4 Å².